The Morgan fingerprint density at radius 1 is 0.917 bits per heavy atom. The molecule has 0 aliphatic carbocycles. The van der Waals surface area contributed by atoms with Gasteiger partial charge in [-0.3, -0.25) is 9.59 Å². The second-order valence-electron chi connectivity index (χ2n) is 8.65. The number of nitrogens with one attached hydrogen (secondary N) is 1. The summed E-state index contributed by atoms with van der Waals surface area (Å²) < 4.78 is 5.39. The molecule has 184 valence electrons. The Kier molecular flexibility index (Phi) is 8.53. The summed E-state index contributed by atoms with van der Waals surface area (Å²) >= 11 is 1.54. The van der Waals surface area contributed by atoms with Crippen LogP contribution in [0.1, 0.15) is 33.2 Å². The van der Waals surface area contributed by atoms with Crippen LogP contribution < -0.4 is 10.1 Å². The maximum absolute atomic E-state index is 13.8. The zero-order chi connectivity index (χ0) is 25.3. The zero-order valence-corrected chi connectivity index (χ0v) is 21.3. The summed E-state index contributed by atoms with van der Waals surface area (Å²) in [4.78, 5) is 30.1. The molecule has 0 unspecified atom stereocenters. The molecule has 2 amide bonds. The van der Waals surface area contributed by atoms with E-state index in [0.717, 1.165) is 27.1 Å². The van der Waals surface area contributed by atoms with Crippen LogP contribution in [0.3, 0.4) is 0 Å². The van der Waals surface area contributed by atoms with Crippen molar-refractivity contribution >= 4 is 23.2 Å². The van der Waals surface area contributed by atoms with Crippen LogP contribution in [0, 0.1) is 6.92 Å². The van der Waals surface area contributed by atoms with Gasteiger partial charge in [-0.1, -0.05) is 78.4 Å². The molecule has 0 bridgehead atoms. The van der Waals surface area contributed by atoms with E-state index in [1.165, 1.54) is 11.3 Å². The minimum atomic E-state index is -0.784. The number of hydrogen-bond acceptors (Lipinski definition) is 4. The van der Waals surface area contributed by atoms with Crippen molar-refractivity contribution in [2.24, 2.45) is 0 Å². The quantitative estimate of drug-likeness (QED) is 0.305. The smallest absolute Gasteiger partial charge is 0.247 e. The highest BCUT2D eigenvalue weighted by atomic mass is 32.1. The van der Waals surface area contributed by atoms with Gasteiger partial charge in [-0.05, 0) is 47.2 Å². The number of rotatable bonds is 10. The summed E-state index contributed by atoms with van der Waals surface area (Å²) in [6.07, 6.45) is 0.232. The van der Waals surface area contributed by atoms with Gasteiger partial charge in [0.25, 0.3) is 0 Å². The monoisotopic (exact) mass is 498 g/mol. The van der Waals surface area contributed by atoms with Crippen LogP contribution in [-0.4, -0.2) is 23.8 Å². The molecule has 5 nitrogen and oxygen atoms in total. The molecular weight excluding hydrogens is 468 g/mol. The number of aryl methyl sites for hydroxylation is 1. The van der Waals surface area contributed by atoms with Gasteiger partial charge in [0.2, 0.25) is 11.8 Å². The van der Waals surface area contributed by atoms with E-state index in [1.807, 2.05) is 103 Å². The standard InChI is InChI=1S/C30H30N2O3S/c1-22-13-15-25(16-14-22)29(30(34)31-20-23-8-4-3-5-9-23)32(28(33)19-27-12-7-17-36-27)21-24-10-6-11-26(18-24)35-2/h3-18,29H,19-21H2,1-2H3,(H,31,34)/t29-/m0/s1. The first kappa shape index (κ1) is 25.2. The lowest BCUT2D eigenvalue weighted by molar-refractivity contribution is -0.141. The molecule has 0 saturated heterocycles. The lowest BCUT2D eigenvalue weighted by Crippen LogP contribution is -2.43. The van der Waals surface area contributed by atoms with Crippen molar-refractivity contribution in [2.45, 2.75) is 32.5 Å². The number of benzene rings is 3. The number of amides is 2. The molecule has 36 heavy (non-hydrogen) atoms. The summed E-state index contributed by atoms with van der Waals surface area (Å²) in [5, 5.41) is 5.02. The van der Waals surface area contributed by atoms with E-state index in [9.17, 15) is 9.59 Å². The number of hydrogen-bond donors (Lipinski definition) is 1. The molecule has 4 rings (SSSR count). The second-order valence-corrected chi connectivity index (χ2v) is 9.68. The third-order valence-electron chi connectivity index (χ3n) is 5.98. The summed E-state index contributed by atoms with van der Waals surface area (Å²) in [5.41, 5.74) is 3.75. The van der Waals surface area contributed by atoms with Crippen molar-refractivity contribution in [2.75, 3.05) is 7.11 Å². The van der Waals surface area contributed by atoms with E-state index >= 15 is 0 Å². The fourth-order valence-electron chi connectivity index (χ4n) is 4.06. The van der Waals surface area contributed by atoms with Gasteiger partial charge in [-0.15, -0.1) is 11.3 Å². The third-order valence-corrected chi connectivity index (χ3v) is 6.85. The van der Waals surface area contributed by atoms with Crippen molar-refractivity contribution in [1.29, 1.82) is 0 Å². The normalized spacial score (nSPS) is 11.5. The average Bonchev–Trinajstić information content (AvgIpc) is 3.42. The van der Waals surface area contributed by atoms with Crippen LogP contribution in [0.25, 0.3) is 0 Å². The molecule has 4 aromatic rings. The summed E-state index contributed by atoms with van der Waals surface area (Å²) in [7, 11) is 1.62. The third kappa shape index (κ3) is 6.61. The van der Waals surface area contributed by atoms with E-state index in [2.05, 4.69) is 5.32 Å². The van der Waals surface area contributed by atoms with E-state index < -0.39 is 6.04 Å². The van der Waals surface area contributed by atoms with E-state index in [-0.39, 0.29) is 24.8 Å². The minimum absolute atomic E-state index is 0.110. The Bertz CT molecular complexity index is 1270. The molecule has 1 aromatic heterocycles. The van der Waals surface area contributed by atoms with Gasteiger partial charge in [-0.2, -0.15) is 0 Å². The molecule has 6 heteroatoms. The maximum atomic E-state index is 13.8. The highest BCUT2D eigenvalue weighted by Crippen LogP contribution is 2.27. The summed E-state index contributed by atoms with van der Waals surface area (Å²) in [6.45, 7) is 2.66. The second kappa shape index (κ2) is 12.2. The first-order chi connectivity index (χ1) is 17.5. The Morgan fingerprint density at radius 3 is 2.36 bits per heavy atom. The fourth-order valence-corrected chi connectivity index (χ4v) is 4.75. The largest absolute Gasteiger partial charge is 0.497 e. The first-order valence-corrected chi connectivity index (χ1v) is 12.7. The number of carbonyl (C=O) groups excluding carboxylic acids is 2. The van der Waals surface area contributed by atoms with Gasteiger partial charge in [0.05, 0.1) is 13.5 Å². The molecule has 1 atom stereocenters. The van der Waals surface area contributed by atoms with Crippen molar-refractivity contribution < 1.29 is 14.3 Å². The lowest BCUT2D eigenvalue weighted by atomic mass is 10.0. The number of thiophene rings is 1. The van der Waals surface area contributed by atoms with E-state index in [4.69, 9.17) is 4.74 Å². The molecule has 0 radical (unpaired) electrons. The molecule has 0 aliphatic heterocycles. The fraction of sp³-hybridized carbons (Fsp3) is 0.200. The molecule has 0 spiro atoms. The topological polar surface area (TPSA) is 58.6 Å². The number of nitrogens with zero attached hydrogens (tertiary/aromatic N) is 1. The van der Waals surface area contributed by atoms with Crippen LogP contribution in [-0.2, 0) is 29.1 Å². The van der Waals surface area contributed by atoms with E-state index in [1.54, 1.807) is 12.0 Å². The van der Waals surface area contributed by atoms with Crippen molar-refractivity contribution in [3.05, 3.63) is 124 Å². The zero-order valence-electron chi connectivity index (χ0n) is 20.5. The van der Waals surface area contributed by atoms with Crippen molar-refractivity contribution in [3.63, 3.8) is 0 Å². The number of ether oxygens (including phenoxy) is 1. The van der Waals surface area contributed by atoms with Gasteiger partial charge in [0, 0.05) is 18.0 Å². The van der Waals surface area contributed by atoms with Crippen LogP contribution >= 0.6 is 11.3 Å². The van der Waals surface area contributed by atoms with Gasteiger partial charge < -0.3 is 15.0 Å². The van der Waals surface area contributed by atoms with Gasteiger partial charge in [-0.25, -0.2) is 0 Å². The minimum Gasteiger partial charge on any atom is -0.497 e. The molecule has 0 saturated carbocycles. The molecule has 0 fully saturated rings. The average molecular weight is 499 g/mol. The Hall–Kier alpha value is -3.90. The van der Waals surface area contributed by atoms with Gasteiger partial charge in [0.15, 0.2) is 0 Å². The summed E-state index contributed by atoms with van der Waals surface area (Å²) in [6, 6.07) is 28.3. The van der Waals surface area contributed by atoms with Crippen molar-refractivity contribution in [1.82, 2.24) is 10.2 Å². The maximum Gasteiger partial charge on any atom is 0.247 e. The summed E-state index contributed by atoms with van der Waals surface area (Å²) in [5.74, 6) is 0.379. The number of carbonyl (C=O) groups is 2. The van der Waals surface area contributed by atoms with Crippen LogP contribution in [0.15, 0.2) is 96.4 Å². The predicted molar refractivity (Wildman–Crippen MR) is 144 cm³/mol. The molecular formula is C30H30N2O3S. The lowest BCUT2D eigenvalue weighted by Gasteiger charge is -2.32. The SMILES string of the molecule is COc1cccc(CN(C(=O)Cc2cccs2)[C@H](C(=O)NCc2ccccc2)c2ccc(C)cc2)c1. The predicted octanol–water partition coefficient (Wildman–Crippen LogP) is 5.69. The first-order valence-electron chi connectivity index (χ1n) is 11.9. The molecule has 3 aromatic carbocycles. The van der Waals surface area contributed by atoms with Crippen molar-refractivity contribution in [3.8, 4) is 5.75 Å². The Morgan fingerprint density at radius 2 is 1.67 bits per heavy atom. The highest BCUT2D eigenvalue weighted by Gasteiger charge is 2.31. The Labute approximate surface area is 216 Å². The molecule has 1 heterocycles. The van der Waals surface area contributed by atoms with Crippen LogP contribution in [0.4, 0.5) is 0 Å². The van der Waals surface area contributed by atoms with Gasteiger partial charge in [0.1, 0.15) is 11.8 Å². The van der Waals surface area contributed by atoms with E-state index in [0.29, 0.717) is 12.3 Å². The number of methoxy groups -OCH3 is 1. The van der Waals surface area contributed by atoms with Crippen LogP contribution in [0.5, 0.6) is 5.75 Å². The molecule has 0 aliphatic rings. The Balaban J connectivity index is 1.69. The highest BCUT2D eigenvalue weighted by molar-refractivity contribution is 7.10. The van der Waals surface area contributed by atoms with Gasteiger partial charge >= 0.3 is 0 Å². The van der Waals surface area contributed by atoms with Crippen LogP contribution in [0.2, 0.25) is 0 Å². The molecule has 1 N–H and O–H groups in total.